The lowest BCUT2D eigenvalue weighted by Gasteiger charge is -2.25. The summed E-state index contributed by atoms with van der Waals surface area (Å²) < 4.78 is 0. The summed E-state index contributed by atoms with van der Waals surface area (Å²) in [6.07, 6.45) is 0.891. The molecule has 0 N–H and O–H groups in total. The van der Waals surface area contributed by atoms with Gasteiger partial charge in [-0.2, -0.15) is 5.10 Å². The van der Waals surface area contributed by atoms with Gasteiger partial charge in [0.2, 0.25) is 11.8 Å². The van der Waals surface area contributed by atoms with Crippen LogP contribution < -0.4 is 4.90 Å². The zero-order chi connectivity index (χ0) is 18.7. The molecule has 0 bridgehead atoms. The highest BCUT2D eigenvalue weighted by Crippen LogP contribution is 2.19. The number of aryl methyl sites for hydroxylation is 1. The molecule has 3 rings (SSSR count). The molecule has 0 spiro atoms. The van der Waals surface area contributed by atoms with Crippen molar-refractivity contribution in [3.8, 4) is 0 Å². The van der Waals surface area contributed by atoms with Gasteiger partial charge in [0, 0.05) is 30.6 Å². The van der Waals surface area contributed by atoms with Crippen LogP contribution in [-0.2, 0) is 9.59 Å². The molecule has 0 radical (unpaired) electrons. The molecule has 2 aromatic carbocycles. The SMILES string of the molecule is Cc1ccc(N(C)C(=O)CN2N=C(c3ccc(Cl)cc3)CCC2=O)cc1. The molecule has 2 aromatic rings. The molecule has 0 saturated heterocycles. The molecule has 0 aromatic heterocycles. The summed E-state index contributed by atoms with van der Waals surface area (Å²) in [5.74, 6) is -0.336. The van der Waals surface area contributed by atoms with E-state index < -0.39 is 0 Å². The number of benzene rings is 2. The van der Waals surface area contributed by atoms with E-state index in [1.165, 1.54) is 5.01 Å². The van der Waals surface area contributed by atoms with E-state index >= 15 is 0 Å². The summed E-state index contributed by atoms with van der Waals surface area (Å²) >= 11 is 5.92. The fourth-order valence-corrected chi connectivity index (χ4v) is 2.85. The Labute approximate surface area is 157 Å². The molecule has 5 nitrogen and oxygen atoms in total. The molecule has 0 saturated carbocycles. The Balaban J connectivity index is 1.75. The molecule has 1 aliphatic heterocycles. The van der Waals surface area contributed by atoms with Gasteiger partial charge in [0.15, 0.2) is 0 Å². The van der Waals surface area contributed by atoms with Gasteiger partial charge in [0.25, 0.3) is 0 Å². The standard InChI is InChI=1S/C20H20ClN3O2/c1-14-3-9-17(10-4-14)23(2)20(26)13-24-19(25)12-11-18(22-24)15-5-7-16(21)8-6-15/h3-10H,11-13H2,1-2H3. The van der Waals surface area contributed by atoms with Crippen molar-refractivity contribution in [2.24, 2.45) is 5.10 Å². The molecule has 1 aliphatic rings. The van der Waals surface area contributed by atoms with Gasteiger partial charge in [0.1, 0.15) is 6.54 Å². The quantitative estimate of drug-likeness (QED) is 0.826. The molecule has 0 aliphatic carbocycles. The molecular formula is C20H20ClN3O2. The second kappa shape index (κ2) is 7.70. The second-order valence-corrected chi connectivity index (χ2v) is 6.73. The summed E-state index contributed by atoms with van der Waals surface area (Å²) in [5.41, 5.74) is 3.60. The van der Waals surface area contributed by atoms with Crippen molar-refractivity contribution in [2.75, 3.05) is 18.5 Å². The third-order valence-electron chi connectivity index (χ3n) is 4.36. The van der Waals surface area contributed by atoms with E-state index in [2.05, 4.69) is 5.10 Å². The Bertz CT molecular complexity index is 844. The van der Waals surface area contributed by atoms with Crippen LogP contribution in [0.1, 0.15) is 24.0 Å². The Hall–Kier alpha value is -2.66. The lowest BCUT2D eigenvalue weighted by Crippen LogP contribution is -2.41. The van der Waals surface area contributed by atoms with Crippen LogP contribution in [0.2, 0.25) is 5.02 Å². The maximum Gasteiger partial charge on any atom is 0.248 e. The zero-order valence-electron chi connectivity index (χ0n) is 14.8. The van der Waals surface area contributed by atoms with Crippen molar-refractivity contribution in [2.45, 2.75) is 19.8 Å². The number of nitrogens with zero attached hydrogens (tertiary/aromatic N) is 3. The van der Waals surface area contributed by atoms with Crippen molar-refractivity contribution in [3.05, 3.63) is 64.7 Å². The number of amides is 2. The maximum absolute atomic E-state index is 12.6. The second-order valence-electron chi connectivity index (χ2n) is 6.29. The Morgan fingerprint density at radius 1 is 1.12 bits per heavy atom. The molecule has 0 atom stereocenters. The average molecular weight is 370 g/mol. The third-order valence-corrected chi connectivity index (χ3v) is 4.61. The molecule has 134 valence electrons. The average Bonchev–Trinajstić information content (AvgIpc) is 2.64. The van der Waals surface area contributed by atoms with E-state index in [4.69, 9.17) is 11.6 Å². The molecule has 0 fully saturated rings. The third kappa shape index (κ3) is 4.11. The zero-order valence-corrected chi connectivity index (χ0v) is 15.5. The van der Waals surface area contributed by atoms with Crippen molar-refractivity contribution in [3.63, 3.8) is 0 Å². The first-order valence-corrected chi connectivity index (χ1v) is 8.79. The van der Waals surface area contributed by atoms with Crippen LogP contribution in [0.25, 0.3) is 0 Å². The van der Waals surface area contributed by atoms with Gasteiger partial charge in [-0.25, -0.2) is 5.01 Å². The summed E-state index contributed by atoms with van der Waals surface area (Å²) in [7, 11) is 1.70. The van der Waals surface area contributed by atoms with Gasteiger partial charge in [-0.1, -0.05) is 41.4 Å². The summed E-state index contributed by atoms with van der Waals surface area (Å²) in [6, 6.07) is 15.0. The summed E-state index contributed by atoms with van der Waals surface area (Å²) in [5, 5.41) is 6.31. The largest absolute Gasteiger partial charge is 0.314 e. The van der Waals surface area contributed by atoms with Crippen LogP contribution >= 0.6 is 11.6 Å². The first kappa shape index (κ1) is 18.1. The van der Waals surface area contributed by atoms with Crippen LogP contribution in [0.3, 0.4) is 0 Å². The van der Waals surface area contributed by atoms with E-state index in [0.29, 0.717) is 17.9 Å². The van der Waals surface area contributed by atoms with Crippen LogP contribution in [0.5, 0.6) is 0 Å². The summed E-state index contributed by atoms with van der Waals surface area (Å²) in [6.45, 7) is 1.91. The lowest BCUT2D eigenvalue weighted by atomic mass is 10.0. The number of carbonyl (C=O) groups excluding carboxylic acids is 2. The molecule has 26 heavy (non-hydrogen) atoms. The Kier molecular flexibility index (Phi) is 5.38. The molecule has 0 unspecified atom stereocenters. The number of hydrogen-bond donors (Lipinski definition) is 0. The van der Waals surface area contributed by atoms with E-state index in [-0.39, 0.29) is 18.4 Å². The number of hydrogen-bond acceptors (Lipinski definition) is 3. The van der Waals surface area contributed by atoms with E-state index in [0.717, 1.165) is 22.5 Å². The minimum Gasteiger partial charge on any atom is -0.314 e. The van der Waals surface area contributed by atoms with Crippen molar-refractivity contribution < 1.29 is 9.59 Å². The fraction of sp³-hybridized carbons (Fsp3) is 0.250. The topological polar surface area (TPSA) is 53.0 Å². The molecular weight excluding hydrogens is 350 g/mol. The van der Waals surface area contributed by atoms with Crippen LogP contribution in [0, 0.1) is 6.92 Å². The number of likely N-dealkylation sites (N-methyl/N-ethyl adjacent to an activating group) is 1. The van der Waals surface area contributed by atoms with Crippen molar-refractivity contribution >= 4 is 34.8 Å². The van der Waals surface area contributed by atoms with Crippen LogP contribution in [0.15, 0.2) is 53.6 Å². The fourth-order valence-electron chi connectivity index (χ4n) is 2.72. The highest BCUT2D eigenvalue weighted by atomic mass is 35.5. The van der Waals surface area contributed by atoms with Crippen molar-refractivity contribution in [1.29, 1.82) is 0 Å². The first-order valence-electron chi connectivity index (χ1n) is 8.41. The minimum atomic E-state index is -0.191. The highest BCUT2D eigenvalue weighted by molar-refractivity contribution is 6.30. The normalized spacial score (nSPS) is 14.2. The summed E-state index contributed by atoms with van der Waals surface area (Å²) in [4.78, 5) is 26.3. The number of rotatable bonds is 4. The number of carbonyl (C=O) groups is 2. The van der Waals surface area contributed by atoms with Gasteiger partial charge < -0.3 is 4.90 Å². The van der Waals surface area contributed by atoms with Gasteiger partial charge in [-0.05, 0) is 36.8 Å². The molecule has 2 amide bonds. The smallest absolute Gasteiger partial charge is 0.248 e. The maximum atomic E-state index is 12.6. The Morgan fingerprint density at radius 2 is 1.77 bits per heavy atom. The number of anilines is 1. The van der Waals surface area contributed by atoms with Crippen LogP contribution in [-0.4, -0.2) is 36.1 Å². The van der Waals surface area contributed by atoms with Crippen LogP contribution in [0.4, 0.5) is 5.69 Å². The van der Waals surface area contributed by atoms with E-state index in [1.807, 2.05) is 43.3 Å². The Morgan fingerprint density at radius 3 is 2.42 bits per heavy atom. The molecule has 6 heteroatoms. The predicted octanol–water partition coefficient (Wildman–Crippen LogP) is 3.64. The van der Waals surface area contributed by atoms with Crippen molar-refractivity contribution in [1.82, 2.24) is 5.01 Å². The number of halogens is 1. The van der Waals surface area contributed by atoms with E-state index in [9.17, 15) is 9.59 Å². The highest BCUT2D eigenvalue weighted by Gasteiger charge is 2.25. The number of hydrazone groups is 1. The minimum absolute atomic E-state index is 0.0830. The first-order chi connectivity index (χ1) is 12.4. The van der Waals surface area contributed by atoms with E-state index in [1.54, 1.807) is 24.1 Å². The van der Waals surface area contributed by atoms with Gasteiger partial charge in [-0.15, -0.1) is 0 Å². The van der Waals surface area contributed by atoms with Gasteiger partial charge in [0.05, 0.1) is 5.71 Å². The van der Waals surface area contributed by atoms with Gasteiger partial charge >= 0.3 is 0 Å². The predicted molar refractivity (Wildman–Crippen MR) is 104 cm³/mol. The lowest BCUT2D eigenvalue weighted by molar-refractivity contribution is -0.135. The molecule has 1 heterocycles. The monoisotopic (exact) mass is 369 g/mol. The van der Waals surface area contributed by atoms with Gasteiger partial charge in [-0.3, -0.25) is 9.59 Å².